The third-order valence-electron chi connectivity index (χ3n) is 5.23. The van der Waals surface area contributed by atoms with Gasteiger partial charge >= 0.3 is 5.97 Å². The SMILES string of the molecule is CCOC(=O)c1oc2ccc(CCC(C)=NNC(=O)c3ccc(OC)c(OC)c3)cc2c1C. The lowest BCUT2D eigenvalue weighted by Crippen LogP contribution is -2.19. The Kier molecular flexibility index (Phi) is 7.71. The maximum Gasteiger partial charge on any atom is 0.374 e. The molecule has 0 aliphatic carbocycles. The number of furan rings is 1. The van der Waals surface area contributed by atoms with Gasteiger partial charge in [0.15, 0.2) is 11.5 Å². The molecule has 8 nitrogen and oxygen atoms in total. The van der Waals surface area contributed by atoms with Crippen LogP contribution in [0.5, 0.6) is 11.5 Å². The topological polar surface area (TPSA) is 99.4 Å². The number of fused-ring (bicyclic) bond motifs is 1. The molecule has 1 N–H and O–H groups in total. The predicted octanol–water partition coefficient (Wildman–Crippen LogP) is 4.67. The van der Waals surface area contributed by atoms with E-state index in [1.54, 1.807) is 25.1 Å². The molecule has 3 aromatic rings. The molecular formula is C25H28N2O6. The maximum atomic E-state index is 12.4. The van der Waals surface area contributed by atoms with Gasteiger partial charge < -0.3 is 18.6 Å². The molecule has 1 aromatic heterocycles. The van der Waals surface area contributed by atoms with Gasteiger partial charge in [-0.3, -0.25) is 4.79 Å². The molecule has 8 heteroatoms. The molecule has 0 aliphatic heterocycles. The molecule has 0 bridgehead atoms. The highest BCUT2D eigenvalue weighted by atomic mass is 16.5. The van der Waals surface area contributed by atoms with Crippen LogP contribution in [0.2, 0.25) is 0 Å². The fourth-order valence-corrected chi connectivity index (χ4v) is 3.38. The Bertz CT molecular complexity index is 1200. The van der Waals surface area contributed by atoms with Crippen LogP contribution in [0, 0.1) is 6.92 Å². The summed E-state index contributed by atoms with van der Waals surface area (Å²) in [5, 5.41) is 5.09. The second-order valence-electron chi connectivity index (χ2n) is 7.46. The first-order valence-electron chi connectivity index (χ1n) is 10.6. The molecule has 0 spiro atoms. The van der Waals surface area contributed by atoms with Crippen molar-refractivity contribution in [1.82, 2.24) is 5.43 Å². The zero-order valence-corrected chi connectivity index (χ0v) is 19.5. The van der Waals surface area contributed by atoms with Crippen LogP contribution in [0.1, 0.15) is 52.3 Å². The molecule has 1 heterocycles. The second-order valence-corrected chi connectivity index (χ2v) is 7.46. The van der Waals surface area contributed by atoms with Gasteiger partial charge in [-0.05, 0) is 69.5 Å². The standard InChI is InChI=1S/C25H28N2O6/c1-6-32-25(29)23-16(3)19-13-17(9-11-20(19)33-23)8-7-15(2)26-27-24(28)18-10-12-21(30-4)22(14-18)31-5/h9-14H,6-8H2,1-5H3,(H,27,28). The van der Waals surface area contributed by atoms with Crippen LogP contribution in [-0.2, 0) is 11.2 Å². The van der Waals surface area contributed by atoms with E-state index >= 15 is 0 Å². The molecule has 0 fully saturated rings. The van der Waals surface area contributed by atoms with Gasteiger partial charge in [0.2, 0.25) is 5.76 Å². The normalized spacial score (nSPS) is 11.4. The fraction of sp³-hybridized carbons (Fsp3) is 0.320. The lowest BCUT2D eigenvalue weighted by atomic mass is 10.0. The summed E-state index contributed by atoms with van der Waals surface area (Å²) in [6, 6.07) is 10.7. The highest BCUT2D eigenvalue weighted by molar-refractivity contribution is 5.97. The summed E-state index contributed by atoms with van der Waals surface area (Å²) in [5.74, 6) is 0.465. The molecule has 174 valence electrons. The highest BCUT2D eigenvalue weighted by Gasteiger charge is 2.19. The average molecular weight is 453 g/mol. The molecule has 0 saturated carbocycles. The second kappa shape index (κ2) is 10.7. The third-order valence-corrected chi connectivity index (χ3v) is 5.23. The summed E-state index contributed by atoms with van der Waals surface area (Å²) < 4.78 is 21.1. The Balaban J connectivity index is 1.64. The van der Waals surface area contributed by atoms with Gasteiger partial charge in [-0.15, -0.1) is 0 Å². The minimum atomic E-state index is -0.457. The Morgan fingerprint density at radius 1 is 1.06 bits per heavy atom. The van der Waals surface area contributed by atoms with Crippen LogP contribution >= 0.6 is 0 Å². The Hall–Kier alpha value is -3.81. The number of aryl methyl sites for hydroxylation is 2. The molecule has 0 saturated heterocycles. The molecule has 3 rings (SSSR count). The average Bonchev–Trinajstić information content (AvgIpc) is 3.16. The zero-order valence-electron chi connectivity index (χ0n) is 19.5. The van der Waals surface area contributed by atoms with Crippen molar-refractivity contribution in [2.24, 2.45) is 5.10 Å². The lowest BCUT2D eigenvalue weighted by molar-refractivity contribution is 0.0491. The highest BCUT2D eigenvalue weighted by Crippen LogP contribution is 2.28. The van der Waals surface area contributed by atoms with E-state index in [0.717, 1.165) is 28.6 Å². The Labute approximate surface area is 192 Å². The van der Waals surface area contributed by atoms with E-state index in [2.05, 4.69) is 10.5 Å². The van der Waals surface area contributed by atoms with Crippen LogP contribution < -0.4 is 14.9 Å². The minimum Gasteiger partial charge on any atom is -0.493 e. The summed E-state index contributed by atoms with van der Waals surface area (Å²) in [6.07, 6.45) is 1.37. The van der Waals surface area contributed by atoms with Crippen molar-refractivity contribution in [3.05, 3.63) is 58.8 Å². The van der Waals surface area contributed by atoms with E-state index in [1.807, 2.05) is 32.0 Å². The number of esters is 1. The smallest absolute Gasteiger partial charge is 0.374 e. The van der Waals surface area contributed by atoms with Gasteiger partial charge in [0, 0.05) is 22.2 Å². The van der Waals surface area contributed by atoms with Crippen LogP contribution in [0.4, 0.5) is 0 Å². The van der Waals surface area contributed by atoms with Crippen molar-refractivity contribution >= 4 is 28.6 Å². The molecule has 0 aliphatic rings. The number of nitrogens with one attached hydrogen (secondary N) is 1. The van der Waals surface area contributed by atoms with Gasteiger partial charge in [0.1, 0.15) is 5.58 Å². The first kappa shape index (κ1) is 23.8. The van der Waals surface area contributed by atoms with Crippen molar-refractivity contribution < 1.29 is 28.2 Å². The van der Waals surface area contributed by atoms with E-state index < -0.39 is 5.97 Å². The first-order valence-corrected chi connectivity index (χ1v) is 10.6. The van der Waals surface area contributed by atoms with Gasteiger partial charge in [-0.25, -0.2) is 10.2 Å². The van der Waals surface area contributed by atoms with Crippen LogP contribution in [-0.4, -0.2) is 38.4 Å². The number of amides is 1. The van der Waals surface area contributed by atoms with Crippen LogP contribution in [0.25, 0.3) is 11.0 Å². The summed E-state index contributed by atoms with van der Waals surface area (Å²) in [5.41, 5.74) is 6.25. The van der Waals surface area contributed by atoms with E-state index in [0.29, 0.717) is 35.7 Å². The van der Waals surface area contributed by atoms with Crippen molar-refractivity contribution in [2.45, 2.75) is 33.6 Å². The van der Waals surface area contributed by atoms with E-state index in [4.69, 9.17) is 18.6 Å². The number of hydrazone groups is 1. The predicted molar refractivity (Wildman–Crippen MR) is 125 cm³/mol. The fourth-order valence-electron chi connectivity index (χ4n) is 3.38. The minimum absolute atomic E-state index is 0.236. The first-order chi connectivity index (χ1) is 15.9. The number of nitrogens with zero attached hydrogens (tertiary/aromatic N) is 1. The molecule has 0 radical (unpaired) electrons. The molecule has 0 atom stereocenters. The lowest BCUT2D eigenvalue weighted by Gasteiger charge is -2.09. The van der Waals surface area contributed by atoms with Crippen LogP contribution in [0.15, 0.2) is 45.9 Å². The number of ether oxygens (including phenoxy) is 3. The van der Waals surface area contributed by atoms with Crippen molar-refractivity contribution in [1.29, 1.82) is 0 Å². The molecule has 2 aromatic carbocycles. The van der Waals surface area contributed by atoms with Gasteiger partial charge in [0.25, 0.3) is 5.91 Å². The maximum absolute atomic E-state index is 12.4. The monoisotopic (exact) mass is 452 g/mol. The molecule has 1 amide bonds. The molecule has 0 unspecified atom stereocenters. The number of hydrogen-bond donors (Lipinski definition) is 1. The third kappa shape index (κ3) is 5.52. The Morgan fingerprint density at radius 3 is 2.52 bits per heavy atom. The number of methoxy groups -OCH3 is 2. The van der Waals surface area contributed by atoms with Gasteiger partial charge in [-0.1, -0.05) is 6.07 Å². The summed E-state index contributed by atoms with van der Waals surface area (Å²) in [6.45, 7) is 5.75. The van der Waals surface area contributed by atoms with Crippen molar-refractivity contribution in [3.63, 3.8) is 0 Å². The number of carbonyl (C=O) groups excluding carboxylic acids is 2. The molecular weight excluding hydrogens is 424 g/mol. The largest absolute Gasteiger partial charge is 0.493 e. The Morgan fingerprint density at radius 2 is 1.82 bits per heavy atom. The van der Waals surface area contributed by atoms with Crippen LogP contribution in [0.3, 0.4) is 0 Å². The number of rotatable bonds is 9. The number of benzene rings is 2. The summed E-state index contributed by atoms with van der Waals surface area (Å²) in [7, 11) is 3.05. The number of carbonyl (C=O) groups is 2. The van der Waals surface area contributed by atoms with E-state index in [1.165, 1.54) is 14.2 Å². The van der Waals surface area contributed by atoms with Gasteiger partial charge in [0.05, 0.1) is 20.8 Å². The zero-order chi connectivity index (χ0) is 24.0. The molecule has 33 heavy (non-hydrogen) atoms. The van der Waals surface area contributed by atoms with Crippen molar-refractivity contribution in [2.75, 3.05) is 20.8 Å². The van der Waals surface area contributed by atoms with E-state index in [9.17, 15) is 9.59 Å². The number of hydrogen-bond acceptors (Lipinski definition) is 7. The van der Waals surface area contributed by atoms with E-state index in [-0.39, 0.29) is 11.7 Å². The van der Waals surface area contributed by atoms with Crippen molar-refractivity contribution in [3.8, 4) is 11.5 Å². The van der Waals surface area contributed by atoms with Gasteiger partial charge in [-0.2, -0.15) is 5.10 Å². The quantitative estimate of drug-likeness (QED) is 0.288. The summed E-state index contributed by atoms with van der Waals surface area (Å²) >= 11 is 0. The summed E-state index contributed by atoms with van der Waals surface area (Å²) in [4.78, 5) is 24.5.